The molecule has 1 aromatic heterocycles. The number of aromatic nitrogens is 2. The number of carboxylic acid groups (broad SMARTS) is 1. The summed E-state index contributed by atoms with van der Waals surface area (Å²) in [7, 11) is 0. The number of alkyl halides is 3. The number of halogens is 3. The summed E-state index contributed by atoms with van der Waals surface area (Å²) in [6.07, 6.45) is -4.53. The molecule has 0 amide bonds. The third-order valence-electron chi connectivity index (χ3n) is 6.11. The number of rotatable bonds is 9. The third-order valence-corrected chi connectivity index (χ3v) is 6.11. The molecule has 0 unspecified atom stereocenters. The van der Waals surface area contributed by atoms with Crippen LogP contribution >= 0.6 is 0 Å². The number of aliphatic carboxylic acids is 1. The molecule has 6 nitrogen and oxygen atoms in total. The van der Waals surface area contributed by atoms with Crippen LogP contribution in [0.3, 0.4) is 0 Å². The average molecular weight is 510 g/mol. The van der Waals surface area contributed by atoms with E-state index in [1.165, 1.54) is 6.07 Å². The lowest BCUT2D eigenvalue weighted by molar-refractivity contribution is -0.138. The van der Waals surface area contributed by atoms with Gasteiger partial charge in [0, 0.05) is 24.2 Å². The summed E-state index contributed by atoms with van der Waals surface area (Å²) in [5.41, 5.74) is 2.31. The highest BCUT2D eigenvalue weighted by atomic mass is 19.4. The summed E-state index contributed by atoms with van der Waals surface area (Å²) < 4.78 is 47.4. The molecule has 0 fully saturated rings. The Morgan fingerprint density at radius 1 is 1.00 bits per heavy atom. The molecule has 37 heavy (non-hydrogen) atoms. The normalized spacial score (nSPS) is 11.7. The van der Waals surface area contributed by atoms with Gasteiger partial charge in [0.2, 0.25) is 5.82 Å². The molecular formula is C28H26F3N3O3. The second-order valence-electron chi connectivity index (χ2n) is 8.71. The van der Waals surface area contributed by atoms with Gasteiger partial charge in [0.05, 0.1) is 12.0 Å². The monoisotopic (exact) mass is 509 g/mol. The maximum atomic E-state index is 14.0. The first-order valence-electron chi connectivity index (χ1n) is 11.8. The highest BCUT2D eigenvalue weighted by molar-refractivity contribution is 5.74. The van der Waals surface area contributed by atoms with Crippen LogP contribution in [0.2, 0.25) is 0 Å². The SMILES string of the molecule is CCN(CCC(=O)O)Cc1cccc(-c2noc(-c3ccc(-c4ccccc4C)c(C(F)(F)F)c3)n2)c1. The molecule has 0 radical (unpaired) electrons. The van der Waals surface area contributed by atoms with Crippen LogP contribution in [0.25, 0.3) is 34.0 Å². The molecule has 0 saturated carbocycles. The second kappa shape index (κ2) is 11.0. The van der Waals surface area contributed by atoms with E-state index in [4.69, 9.17) is 9.63 Å². The van der Waals surface area contributed by atoms with Crippen LogP contribution in [-0.2, 0) is 17.5 Å². The Morgan fingerprint density at radius 3 is 2.49 bits per heavy atom. The van der Waals surface area contributed by atoms with E-state index in [2.05, 4.69) is 10.1 Å². The molecule has 0 aliphatic rings. The molecule has 0 bridgehead atoms. The Balaban J connectivity index is 1.62. The van der Waals surface area contributed by atoms with Crippen LogP contribution in [0.4, 0.5) is 13.2 Å². The number of carbonyl (C=O) groups is 1. The number of nitrogens with zero attached hydrogens (tertiary/aromatic N) is 3. The van der Waals surface area contributed by atoms with Crippen LogP contribution in [-0.4, -0.2) is 39.2 Å². The Kier molecular flexibility index (Phi) is 7.73. The van der Waals surface area contributed by atoms with E-state index in [0.29, 0.717) is 30.8 Å². The van der Waals surface area contributed by atoms with Crippen LogP contribution in [0.15, 0.2) is 71.3 Å². The zero-order valence-electron chi connectivity index (χ0n) is 20.4. The fourth-order valence-corrected chi connectivity index (χ4v) is 4.15. The Labute approximate surface area is 212 Å². The first-order valence-corrected chi connectivity index (χ1v) is 11.8. The molecule has 0 atom stereocenters. The maximum Gasteiger partial charge on any atom is 0.417 e. The fraction of sp³-hybridized carbons (Fsp3) is 0.250. The molecule has 9 heteroatoms. The minimum atomic E-state index is -4.57. The molecule has 1 heterocycles. The Hall–Kier alpha value is -3.98. The number of benzene rings is 3. The highest BCUT2D eigenvalue weighted by Crippen LogP contribution is 2.40. The van der Waals surface area contributed by atoms with Gasteiger partial charge in [-0.05, 0) is 53.9 Å². The summed E-state index contributed by atoms with van der Waals surface area (Å²) in [6, 6.07) is 18.3. The van der Waals surface area contributed by atoms with Crippen molar-refractivity contribution in [2.45, 2.75) is 33.0 Å². The van der Waals surface area contributed by atoms with Gasteiger partial charge >= 0.3 is 12.1 Å². The number of aryl methyl sites for hydroxylation is 1. The maximum absolute atomic E-state index is 14.0. The summed E-state index contributed by atoms with van der Waals surface area (Å²) in [5, 5.41) is 12.9. The largest absolute Gasteiger partial charge is 0.481 e. The Bertz CT molecular complexity index is 1400. The van der Waals surface area contributed by atoms with E-state index in [1.807, 2.05) is 30.0 Å². The van der Waals surface area contributed by atoms with E-state index < -0.39 is 17.7 Å². The lowest BCUT2D eigenvalue weighted by Crippen LogP contribution is -2.25. The van der Waals surface area contributed by atoms with Crippen molar-refractivity contribution < 1.29 is 27.6 Å². The minimum Gasteiger partial charge on any atom is -0.481 e. The van der Waals surface area contributed by atoms with Gasteiger partial charge < -0.3 is 9.63 Å². The standard InChI is InChI=1S/C28H26F3N3O3/c1-3-34(14-13-25(35)36)17-19-8-6-9-20(15-19)26-32-27(37-33-26)21-11-12-23(24(16-21)28(29,30)31)22-10-5-4-7-18(22)2/h4-12,15-16H,3,13-14,17H2,1-2H3,(H,35,36). The third kappa shape index (κ3) is 6.24. The van der Waals surface area contributed by atoms with Crippen molar-refractivity contribution in [1.29, 1.82) is 0 Å². The van der Waals surface area contributed by atoms with Gasteiger partial charge in [-0.15, -0.1) is 0 Å². The van der Waals surface area contributed by atoms with E-state index in [0.717, 1.165) is 17.2 Å². The summed E-state index contributed by atoms with van der Waals surface area (Å²) >= 11 is 0. The first kappa shape index (κ1) is 26.1. The molecule has 192 valence electrons. The van der Waals surface area contributed by atoms with E-state index in [-0.39, 0.29) is 29.3 Å². The van der Waals surface area contributed by atoms with Crippen molar-refractivity contribution >= 4 is 5.97 Å². The van der Waals surface area contributed by atoms with Crippen LogP contribution in [0, 0.1) is 6.92 Å². The molecule has 4 aromatic rings. The predicted octanol–water partition coefficient (Wildman–Crippen LogP) is 6.69. The first-order chi connectivity index (χ1) is 17.7. The zero-order valence-corrected chi connectivity index (χ0v) is 20.4. The lowest BCUT2D eigenvalue weighted by atomic mass is 9.94. The molecule has 1 N–H and O–H groups in total. The smallest absolute Gasteiger partial charge is 0.417 e. The Morgan fingerprint density at radius 2 is 1.78 bits per heavy atom. The van der Waals surface area contributed by atoms with Crippen molar-refractivity contribution in [3.63, 3.8) is 0 Å². The quantitative estimate of drug-likeness (QED) is 0.271. The molecule has 0 spiro atoms. The van der Waals surface area contributed by atoms with Gasteiger partial charge in [-0.2, -0.15) is 18.2 Å². The van der Waals surface area contributed by atoms with Gasteiger partial charge in [0.1, 0.15) is 0 Å². The van der Waals surface area contributed by atoms with Crippen molar-refractivity contribution in [1.82, 2.24) is 15.0 Å². The summed E-state index contributed by atoms with van der Waals surface area (Å²) in [4.78, 5) is 17.3. The van der Waals surface area contributed by atoms with Crippen LogP contribution in [0.5, 0.6) is 0 Å². The molecule has 3 aromatic carbocycles. The minimum absolute atomic E-state index is 0.0149. The van der Waals surface area contributed by atoms with Crippen molar-refractivity contribution in [2.24, 2.45) is 0 Å². The summed E-state index contributed by atoms with van der Waals surface area (Å²) in [6.45, 7) is 5.37. The predicted molar refractivity (Wildman–Crippen MR) is 134 cm³/mol. The molecular weight excluding hydrogens is 483 g/mol. The zero-order chi connectivity index (χ0) is 26.6. The highest BCUT2D eigenvalue weighted by Gasteiger charge is 2.34. The van der Waals surface area contributed by atoms with Gasteiger partial charge in [0.15, 0.2) is 0 Å². The lowest BCUT2D eigenvalue weighted by Gasteiger charge is -2.19. The van der Waals surface area contributed by atoms with Crippen molar-refractivity contribution in [3.05, 3.63) is 83.4 Å². The van der Waals surface area contributed by atoms with E-state index in [9.17, 15) is 18.0 Å². The van der Waals surface area contributed by atoms with Gasteiger partial charge in [-0.3, -0.25) is 9.69 Å². The van der Waals surface area contributed by atoms with Crippen molar-refractivity contribution in [3.8, 4) is 34.0 Å². The van der Waals surface area contributed by atoms with Crippen LogP contribution < -0.4 is 0 Å². The second-order valence-corrected chi connectivity index (χ2v) is 8.71. The average Bonchev–Trinajstić information content (AvgIpc) is 3.37. The van der Waals surface area contributed by atoms with Gasteiger partial charge in [0.25, 0.3) is 5.89 Å². The summed E-state index contributed by atoms with van der Waals surface area (Å²) in [5.74, 6) is -0.618. The van der Waals surface area contributed by atoms with Crippen LogP contribution in [0.1, 0.15) is 30.0 Å². The number of hydrogen-bond donors (Lipinski definition) is 1. The molecule has 4 rings (SSSR count). The molecule has 0 aliphatic carbocycles. The van der Waals surface area contributed by atoms with Gasteiger partial charge in [-0.1, -0.05) is 60.6 Å². The topological polar surface area (TPSA) is 79.5 Å². The van der Waals surface area contributed by atoms with Crippen molar-refractivity contribution in [2.75, 3.05) is 13.1 Å². The fourth-order valence-electron chi connectivity index (χ4n) is 4.15. The molecule has 0 aliphatic heterocycles. The molecule has 0 saturated heterocycles. The van der Waals surface area contributed by atoms with E-state index in [1.54, 1.807) is 43.3 Å². The van der Waals surface area contributed by atoms with Gasteiger partial charge in [-0.25, -0.2) is 0 Å². The number of hydrogen-bond acceptors (Lipinski definition) is 5. The van der Waals surface area contributed by atoms with E-state index >= 15 is 0 Å². The number of carboxylic acids is 1.